The molecule has 1 aliphatic carbocycles. The van der Waals surface area contributed by atoms with Crippen molar-refractivity contribution in [2.24, 2.45) is 5.92 Å². The summed E-state index contributed by atoms with van der Waals surface area (Å²) in [4.78, 5) is 24.8. The maximum absolute atomic E-state index is 13.2. The van der Waals surface area contributed by atoms with Gasteiger partial charge in [0.25, 0.3) is 0 Å². The SMILES string of the molecule is COC(=O)c1ccc(NC(=O)[C@@H]2CC=C(CCC=C(C)C)C[C@H]2c2ccccc2)cc1. The summed E-state index contributed by atoms with van der Waals surface area (Å²) in [6.45, 7) is 4.25. The third kappa shape index (κ3) is 6.17. The number of hydrogen-bond acceptors (Lipinski definition) is 3. The highest BCUT2D eigenvalue weighted by Crippen LogP contribution is 2.39. The molecule has 0 saturated carbocycles. The van der Waals surface area contributed by atoms with Gasteiger partial charge in [-0.1, -0.05) is 53.6 Å². The molecule has 31 heavy (non-hydrogen) atoms. The van der Waals surface area contributed by atoms with Crippen LogP contribution in [0.15, 0.2) is 77.9 Å². The summed E-state index contributed by atoms with van der Waals surface area (Å²) in [6.07, 6.45) is 8.24. The lowest BCUT2D eigenvalue weighted by atomic mass is 9.74. The molecule has 0 radical (unpaired) electrons. The first-order valence-corrected chi connectivity index (χ1v) is 10.8. The minimum absolute atomic E-state index is 0.0132. The summed E-state index contributed by atoms with van der Waals surface area (Å²) < 4.78 is 4.73. The van der Waals surface area contributed by atoms with E-state index in [1.807, 2.05) is 18.2 Å². The Morgan fingerprint density at radius 2 is 1.77 bits per heavy atom. The molecule has 0 bridgehead atoms. The molecule has 0 aromatic heterocycles. The highest BCUT2D eigenvalue weighted by molar-refractivity contribution is 5.94. The van der Waals surface area contributed by atoms with Gasteiger partial charge in [-0.05, 0) is 75.3 Å². The molecule has 0 heterocycles. The second-order valence-electron chi connectivity index (χ2n) is 8.30. The van der Waals surface area contributed by atoms with Gasteiger partial charge in [0.1, 0.15) is 0 Å². The highest BCUT2D eigenvalue weighted by atomic mass is 16.5. The van der Waals surface area contributed by atoms with E-state index in [-0.39, 0.29) is 23.7 Å². The molecule has 1 amide bonds. The Bertz CT molecular complexity index is 954. The molecule has 0 unspecified atom stereocenters. The summed E-state index contributed by atoms with van der Waals surface area (Å²) >= 11 is 0. The Balaban J connectivity index is 1.75. The number of ether oxygens (including phenoxy) is 1. The number of benzene rings is 2. The minimum atomic E-state index is -0.389. The summed E-state index contributed by atoms with van der Waals surface area (Å²) in [5, 5.41) is 3.04. The number of esters is 1. The van der Waals surface area contributed by atoms with Crippen LogP contribution in [0.4, 0.5) is 5.69 Å². The van der Waals surface area contributed by atoms with E-state index in [9.17, 15) is 9.59 Å². The van der Waals surface area contributed by atoms with Crippen LogP contribution in [-0.2, 0) is 9.53 Å². The number of amides is 1. The van der Waals surface area contributed by atoms with E-state index >= 15 is 0 Å². The number of anilines is 1. The van der Waals surface area contributed by atoms with Gasteiger partial charge >= 0.3 is 5.97 Å². The zero-order chi connectivity index (χ0) is 22.2. The first kappa shape index (κ1) is 22.5. The molecule has 3 rings (SSSR count). The second-order valence-corrected chi connectivity index (χ2v) is 8.30. The van der Waals surface area contributed by atoms with Crippen LogP contribution in [0.3, 0.4) is 0 Å². The predicted molar refractivity (Wildman–Crippen MR) is 125 cm³/mol. The molecule has 0 aliphatic heterocycles. The van der Waals surface area contributed by atoms with Crippen molar-refractivity contribution in [3.8, 4) is 0 Å². The van der Waals surface area contributed by atoms with Crippen LogP contribution in [0.5, 0.6) is 0 Å². The summed E-state index contributed by atoms with van der Waals surface area (Å²) in [6, 6.07) is 17.1. The van der Waals surface area contributed by atoms with Crippen molar-refractivity contribution in [1.82, 2.24) is 0 Å². The van der Waals surface area contributed by atoms with Gasteiger partial charge in [0.2, 0.25) is 5.91 Å². The average Bonchev–Trinajstić information content (AvgIpc) is 2.79. The molecular formula is C27H31NO3. The van der Waals surface area contributed by atoms with Crippen molar-refractivity contribution in [1.29, 1.82) is 0 Å². The van der Waals surface area contributed by atoms with Crippen LogP contribution in [0.1, 0.15) is 61.4 Å². The lowest BCUT2D eigenvalue weighted by Gasteiger charge is -2.31. The van der Waals surface area contributed by atoms with E-state index in [1.54, 1.807) is 24.3 Å². The Hall–Kier alpha value is -3.14. The van der Waals surface area contributed by atoms with E-state index in [2.05, 4.69) is 43.4 Å². The smallest absolute Gasteiger partial charge is 0.337 e. The van der Waals surface area contributed by atoms with E-state index in [1.165, 1.54) is 23.8 Å². The Labute approximate surface area is 185 Å². The molecule has 0 fully saturated rings. The lowest BCUT2D eigenvalue weighted by Crippen LogP contribution is -2.30. The topological polar surface area (TPSA) is 55.4 Å². The first-order chi connectivity index (χ1) is 15.0. The molecule has 162 valence electrons. The molecule has 2 aromatic carbocycles. The zero-order valence-electron chi connectivity index (χ0n) is 18.6. The Morgan fingerprint density at radius 1 is 1.06 bits per heavy atom. The van der Waals surface area contributed by atoms with Crippen LogP contribution < -0.4 is 5.32 Å². The molecule has 0 saturated heterocycles. The molecule has 2 atom stereocenters. The number of hydrogen-bond donors (Lipinski definition) is 1. The number of nitrogens with one attached hydrogen (secondary N) is 1. The van der Waals surface area contributed by atoms with Crippen LogP contribution in [-0.4, -0.2) is 19.0 Å². The van der Waals surface area contributed by atoms with E-state index < -0.39 is 0 Å². The number of rotatable bonds is 7. The third-order valence-corrected chi connectivity index (χ3v) is 5.78. The van der Waals surface area contributed by atoms with Gasteiger partial charge in [0.05, 0.1) is 12.7 Å². The van der Waals surface area contributed by atoms with Crippen LogP contribution in [0.25, 0.3) is 0 Å². The fraction of sp³-hybridized carbons (Fsp3) is 0.333. The summed E-state index contributed by atoms with van der Waals surface area (Å²) in [5.41, 5.74) is 5.12. The van der Waals surface area contributed by atoms with Crippen molar-refractivity contribution in [2.75, 3.05) is 12.4 Å². The van der Waals surface area contributed by atoms with E-state index in [4.69, 9.17) is 4.74 Å². The highest BCUT2D eigenvalue weighted by Gasteiger charge is 2.32. The average molecular weight is 418 g/mol. The maximum Gasteiger partial charge on any atom is 0.337 e. The van der Waals surface area contributed by atoms with Crippen molar-refractivity contribution < 1.29 is 14.3 Å². The van der Waals surface area contributed by atoms with Gasteiger partial charge in [-0.2, -0.15) is 0 Å². The van der Waals surface area contributed by atoms with Crippen molar-refractivity contribution in [3.63, 3.8) is 0 Å². The third-order valence-electron chi connectivity index (χ3n) is 5.78. The predicted octanol–water partition coefficient (Wildman–Crippen LogP) is 6.28. The molecule has 4 heteroatoms. The molecule has 4 nitrogen and oxygen atoms in total. The van der Waals surface area contributed by atoms with Gasteiger partial charge in [0, 0.05) is 11.6 Å². The van der Waals surface area contributed by atoms with Gasteiger partial charge in [0.15, 0.2) is 0 Å². The number of carbonyl (C=O) groups is 2. The number of methoxy groups -OCH3 is 1. The first-order valence-electron chi connectivity index (χ1n) is 10.8. The maximum atomic E-state index is 13.2. The normalized spacial score (nSPS) is 18.0. The molecule has 2 aromatic rings. The van der Waals surface area contributed by atoms with Gasteiger partial charge in [-0.3, -0.25) is 4.79 Å². The standard InChI is InChI=1S/C27H31NO3/c1-19(2)8-7-9-20-12-17-24(25(18-20)21-10-5-4-6-11-21)26(29)28-23-15-13-22(14-16-23)27(30)31-3/h4-6,8,10-16,24-25H,7,9,17-18H2,1-3H3,(H,28,29)/t24-,25+/m1/s1. The number of carbonyl (C=O) groups excluding carboxylic acids is 2. The largest absolute Gasteiger partial charge is 0.465 e. The summed E-state index contributed by atoms with van der Waals surface area (Å²) in [7, 11) is 1.35. The van der Waals surface area contributed by atoms with Crippen molar-refractivity contribution in [3.05, 3.63) is 89.0 Å². The zero-order valence-corrected chi connectivity index (χ0v) is 18.6. The number of allylic oxidation sites excluding steroid dienone is 4. The van der Waals surface area contributed by atoms with E-state index in [0.717, 1.165) is 25.7 Å². The second kappa shape index (κ2) is 10.8. The Kier molecular flexibility index (Phi) is 7.82. The molecule has 1 aliphatic rings. The van der Waals surface area contributed by atoms with Crippen LogP contribution in [0.2, 0.25) is 0 Å². The van der Waals surface area contributed by atoms with Gasteiger partial charge < -0.3 is 10.1 Å². The monoisotopic (exact) mass is 417 g/mol. The van der Waals surface area contributed by atoms with E-state index in [0.29, 0.717) is 11.3 Å². The quantitative estimate of drug-likeness (QED) is 0.426. The Morgan fingerprint density at radius 3 is 2.42 bits per heavy atom. The fourth-order valence-corrected chi connectivity index (χ4v) is 4.10. The summed E-state index contributed by atoms with van der Waals surface area (Å²) in [5.74, 6) is -0.350. The van der Waals surface area contributed by atoms with Crippen molar-refractivity contribution in [2.45, 2.75) is 45.4 Å². The van der Waals surface area contributed by atoms with Crippen molar-refractivity contribution >= 4 is 17.6 Å². The lowest BCUT2D eigenvalue weighted by molar-refractivity contribution is -0.120. The molecular weight excluding hydrogens is 386 g/mol. The van der Waals surface area contributed by atoms with Gasteiger partial charge in [-0.15, -0.1) is 0 Å². The fourth-order valence-electron chi connectivity index (χ4n) is 4.10. The minimum Gasteiger partial charge on any atom is -0.465 e. The molecule has 0 spiro atoms. The van der Waals surface area contributed by atoms with Gasteiger partial charge in [-0.25, -0.2) is 4.79 Å². The molecule has 1 N–H and O–H groups in total. The van der Waals surface area contributed by atoms with Crippen LogP contribution >= 0.6 is 0 Å². The van der Waals surface area contributed by atoms with Crippen LogP contribution in [0, 0.1) is 5.92 Å².